The fourth-order valence-corrected chi connectivity index (χ4v) is 6.82. The highest BCUT2D eigenvalue weighted by molar-refractivity contribution is 6.25. The number of fused-ring (bicyclic) bond motifs is 3. The number of Topliss-reactive ketones (excluding diaryl/α,β-unsaturated/α-hetero) is 2. The lowest BCUT2D eigenvalue weighted by Gasteiger charge is -2.53. The van der Waals surface area contributed by atoms with E-state index >= 15 is 0 Å². The number of benzene rings is 2. The van der Waals surface area contributed by atoms with Crippen LogP contribution < -0.4 is 11.1 Å². The van der Waals surface area contributed by atoms with Gasteiger partial charge in [-0.3, -0.25) is 19.2 Å². The Balaban J connectivity index is 1.55. The number of phenols is 1. The Kier molecular flexibility index (Phi) is 7.01. The van der Waals surface area contributed by atoms with Crippen LogP contribution in [0, 0.1) is 24.7 Å². The summed E-state index contributed by atoms with van der Waals surface area (Å²) in [6.45, 7) is 1.99. The summed E-state index contributed by atoms with van der Waals surface area (Å²) >= 11 is 0. The van der Waals surface area contributed by atoms with Crippen molar-refractivity contribution in [2.75, 3.05) is 14.1 Å². The molecule has 6 atom stereocenters. The molecule has 3 aliphatic rings. The molecule has 0 aliphatic heterocycles. The third-order valence-corrected chi connectivity index (χ3v) is 8.82. The van der Waals surface area contributed by atoms with E-state index in [9.17, 15) is 39.6 Å². The summed E-state index contributed by atoms with van der Waals surface area (Å²) in [5.41, 5.74) is 5.05. The van der Waals surface area contributed by atoms with E-state index in [1.165, 1.54) is 6.07 Å². The molecule has 5 rings (SSSR count). The first-order valence-electron chi connectivity index (χ1n) is 13.4. The minimum Gasteiger partial charge on any atom is -0.507 e. The van der Waals surface area contributed by atoms with E-state index in [1.807, 2.05) is 19.1 Å². The quantitative estimate of drug-likeness (QED) is 0.279. The Hall–Kier alpha value is -4.06. The summed E-state index contributed by atoms with van der Waals surface area (Å²) in [6.07, 6.45) is -1.39. The number of hydrogen-bond acceptors (Lipinski definition) is 9. The van der Waals surface area contributed by atoms with Crippen molar-refractivity contribution in [1.29, 1.82) is 0 Å². The van der Waals surface area contributed by atoms with E-state index in [4.69, 9.17) is 5.73 Å². The minimum atomic E-state index is -2.71. The number of aliphatic hydroxyl groups is 3. The lowest BCUT2D eigenvalue weighted by atomic mass is 9.54. The number of likely N-dealkylation sites (N-methyl/N-ethyl adjacent to an activating group) is 1. The van der Waals surface area contributed by atoms with Gasteiger partial charge in [0.15, 0.2) is 11.4 Å². The van der Waals surface area contributed by atoms with Gasteiger partial charge in [-0.25, -0.2) is 0 Å². The lowest BCUT2D eigenvalue weighted by molar-refractivity contribution is -0.184. The van der Waals surface area contributed by atoms with Crippen LogP contribution in [0.2, 0.25) is 0 Å². The number of amides is 2. The number of aryl methyl sites for hydroxylation is 1. The van der Waals surface area contributed by atoms with Crippen LogP contribution in [0.5, 0.6) is 5.75 Å². The zero-order valence-corrected chi connectivity index (χ0v) is 22.9. The zero-order chi connectivity index (χ0) is 30.0. The molecule has 2 saturated carbocycles. The molecule has 0 aromatic heterocycles. The van der Waals surface area contributed by atoms with Crippen LogP contribution >= 0.6 is 0 Å². The van der Waals surface area contributed by atoms with Crippen LogP contribution in [0.25, 0.3) is 5.76 Å². The number of ketones is 2. The molecule has 2 amide bonds. The van der Waals surface area contributed by atoms with Crippen molar-refractivity contribution in [2.24, 2.45) is 23.5 Å². The standard InChI is InChI=1S/C30H33N3O8/c1-13-4-6-14(7-5-13)29(40)32-12-15-8-9-19(34)21-17(15)10-16-11-18-23(33(2)3)25(36)22(28(31)39)27(38)30(18,41)26(37)20(16)24(21)35/h4-9,16,18,22-23,25,34-36,41H,10-12H2,1-3H3,(H2,31,39)(H,32,40)/t16-,18-,22?,23-,25?,30-/m1/s1. The molecule has 216 valence electrons. The summed E-state index contributed by atoms with van der Waals surface area (Å²) in [5.74, 6) is -8.25. The molecule has 0 spiro atoms. The molecule has 2 fully saturated rings. The first-order chi connectivity index (χ1) is 19.3. The van der Waals surface area contributed by atoms with E-state index in [0.717, 1.165) is 5.56 Å². The number of rotatable bonds is 5. The summed E-state index contributed by atoms with van der Waals surface area (Å²) in [4.78, 5) is 53.7. The van der Waals surface area contributed by atoms with Crippen LogP contribution in [-0.2, 0) is 27.3 Å². The molecule has 7 N–H and O–H groups in total. The molecule has 41 heavy (non-hydrogen) atoms. The molecular formula is C30H33N3O8. The van der Waals surface area contributed by atoms with Crippen molar-refractivity contribution in [3.63, 3.8) is 0 Å². The molecule has 2 unspecified atom stereocenters. The second-order valence-electron chi connectivity index (χ2n) is 11.4. The Bertz CT molecular complexity index is 1500. The summed E-state index contributed by atoms with van der Waals surface area (Å²) in [7, 11) is 3.19. The number of nitrogens with zero attached hydrogens (tertiary/aromatic N) is 1. The van der Waals surface area contributed by atoms with Crippen molar-refractivity contribution >= 4 is 29.1 Å². The number of aromatic hydroxyl groups is 1. The maximum Gasteiger partial charge on any atom is 0.251 e. The average molecular weight is 564 g/mol. The van der Waals surface area contributed by atoms with Crippen LogP contribution in [0.3, 0.4) is 0 Å². The van der Waals surface area contributed by atoms with Gasteiger partial charge >= 0.3 is 0 Å². The number of hydrogen-bond donors (Lipinski definition) is 6. The van der Waals surface area contributed by atoms with Crippen molar-refractivity contribution in [3.05, 3.63) is 69.8 Å². The van der Waals surface area contributed by atoms with Crippen LogP contribution in [0.15, 0.2) is 42.0 Å². The minimum absolute atomic E-state index is 0.0169. The van der Waals surface area contributed by atoms with Gasteiger partial charge < -0.3 is 36.4 Å². The van der Waals surface area contributed by atoms with Gasteiger partial charge in [0.2, 0.25) is 11.7 Å². The number of phenolic OH excluding ortho intramolecular Hbond substituents is 1. The van der Waals surface area contributed by atoms with Crippen molar-refractivity contribution < 1.29 is 39.6 Å². The second kappa shape index (κ2) is 10.1. The van der Waals surface area contributed by atoms with Gasteiger partial charge in [-0.05, 0) is 69.1 Å². The first-order valence-corrected chi connectivity index (χ1v) is 13.4. The topological polar surface area (TPSA) is 190 Å². The highest BCUT2D eigenvalue weighted by Crippen LogP contribution is 2.52. The first kappa shape index (κ1) is 28.5. The molecule has 0 radical (unpaired) electrons. The van der Waals surface area contributed by atoms with Gasteiger partial charge in [0.1, 0.15) is 17.4 Å². The van der Waals surface area contributed by atoms with E-state index in [-0.39, 0.29) is 42.2 Å². The number of nitrogens with one attached hydrogen (secondary N) is 1. The number of carbonyl (C=O) groups is 4. The highest BCUT2D eigenvalue weighted by atomic mass is 16.3. The van der Waals surface area contributed by atoms with Gasteiger partial charge in [-0.15, -0.1) is 0 Å². The number of primary amides is 1. The van der Waals surface area contributed by atoms with E-state index in [0.29, 0.717) is 16.7 Å². The molecule has 11 heteroatoms. The molecule has 0 bridgehead atoms. The van der Waals surface area contributed by atoms with Crippen molar-refractivity contribution in [1.82, 2.24) is 10.2 Å². The smallest absolute Gasteiger partial charge is 0.251 e. The maximum atomic E-state index is 13.9. The van der Waals surface area contributed by atoms with E-state index < -0.39 is 58.7 Å². The number of carbonyl (C=O) groups excluding carboxylic acids is 4. The molecule has 2 aromatic carbocycles. The molecule has 0 heterocycles. The van der Waals surface area contributed by atoms with Crippen LogP contribution in [0.4, 0.5) is 0 Å². The summed E-state index contributed by atoms with van der Waals surface area (Å²) in [6, 6.07) is 9.04. The SMILES string of the molecule is Cc1ccc(C(=O)NCc2ccc(O)c3c2C[C@@H]2C[C@@H]4[C@@H](N(C)C)C(O)C(C(N)=O)C(=O)[C@]4(O)C(=O)C2=C3O)cc1. The van der Waals surface area contributed by atoms with Crippen molar-refractivity contribution in [3.8, 4) is 5.75 Å². The van der Waals surface area contributed by atoms with Crippen LogP contribution in [-0.4, -0.2) is 80.5 Å². The molecular weight excluding hydrogens is 530 g/mol. The van der Waals surface area contributed by atoms with Crippen LogP contribution in [0.1, 0.15) is 39.0 Å². The Morgan fingerprint density at radius 3 is 2.37 bits per heavy atom. The lowest BCUT2D eigenvalue weighted by Crippen LogP contribution is -2.73. The Labute approximate surface area is 236 Å². The number of nitrogens with two attached hydrogens (primary N) is 1. The van der Waals surface area contributed by atoms with E-state index in [2.05, 4.69) is 5.32 Å². The van der Waals surface area contributed by atoms with E-state index in [1.54, 1.807) is 37.2 Å². The van der Waals surface area contributed by atoms with Crippen molar-refractivity contribution in [2.45, 2.75) is 44.1 Å². The zero-order valence-electron chi connectivity index (χ0n) is 22.9. The monoisotopic (exact) mass is 563 g/mol. The fourth-order valence-electron chi connectivity index (χ4n) is 6.82. The summed E-state index contributed by atoms with van der Waals surface area (Å²) in [5, 5.41) is 47.6. The third kappa shape index (κ3) is 4.32. The predicted molar refractivity (Wildman–Crippen MR) is 146 cm³/mol. The predicted octanol–water partition coefficient (Wildman–Crippen LogP) is 0.367. The highest BCUT2D eigenvalue weighted by Gasteiger charge is 2.67. The fraction of sp³-hybridized carbons (Fsp3) is 0.400. The average Bonchev–Trinajstić information content (AvgIpc) is 2.90. The third-order valence-electron chi connectivity index (χ3n) is 8.82. The summed E-state index contributed by atoms with van der Waals surface area (Å²) < 4.78 is 0. The normalized spacial score (nSPS) is 29.1. The molecule has 3 aliphatic carbocycles. The molecule has 11 nitrogen and oxygen atoms in total. The van der Waals surface area contributed by atoms with Gasteiger partial charge in [-0.2, -0.15) is 0 Å². The van der Waals surface area contributed by atoms with Gasteiger partial charge in [0, 0.05) is 29.6 Å². The largest absolute Gasteiger partial charge is 0.507 e. The molecule has 0 saturated heterocycles. The van der Waals surface area contributed by atoms with Gasteiger partial charge in [-0.1, -0.05) is 23.8 Å². The maximum absolute atomic E-state index is 13.9. The Morgan fingerprint density at radius 2 is 1.76 bits per heavy atom. The van der Waals surface area contributed by atoms with Gasteiger partial charge in [0.05, 0.1) is 11.7 Å². The second-order valence-corrected chi connectivity index (χ2v) is 11.4. The number of aliphatic hydroxyl groups excluding tert-OH is 2. The van der Waals surface area contributed by atoms with Gasteiger partial charge in [0.25, 0.3) is 5.91 Å². The molecule has 2 aromatic rings. The Morgan fingerprint density at radius 1 is 1.10 bits per heavy atom.